The summed E-state index contributed by atoms with van der Waals surface area (Å²) in [6.07, 6.45) is 0.818. The zero-order valence-corrected chi connectivity index (χ0v) is 11.4. The van der Waals surface area contributed by atoms with Crippen LogP contribution in [-0.2, 0) is 9.53 Å². The molecule has 1 aliphatic heterocycles. The average molecular weight is 281 g/mol. The number of ether oxygens (including phenoxy) is 3. The highest BCUT2D eigenvalue weighted by atomic mass is 16.5. The van der Waals surface area contributed by atoms with Crippen molar-refractivity contribution in [2.24, 2.45) is 0 Å². The Bertz CT molecular complexity index is 463. The third kappa shape index (κ3) is 3.61. The summed E-state index contributed by atoms with van der Waals surface area (Å²) < 4.78 is 16.0. The van der Waals surface area contributed by atoms with Gasteiger partial charge in [-0.3, -0.25) is 10.1 Å². The van der Waals surface area contributed by atoms with Crippen molar-refractivity contribution >= 4 is 5.97 Å². The van der Waals surface area contributed by atoms with Gasteiger partial charge in [-0.2, -0.15) is 0 Å². The predicted molar refractivity (Wildman–Crippen MR) is 72.3 cm³/mol. The Morgan fingerprint density at radius 3 is 2.85 bits per heavy atom. The second-order valence-corrected chi connectivity index (χ2v) is 4.47. The molecule has 0 radical (unpaired) electrons. The molecule has 20 heavy (non-hydrogen) atoms. The fraction of sp³-hybridized carbons (Fsp3) is 0.500. The highest BCUT2D eigenvalue weighted by molar-refractivity contribution is 5.76. The number of rotatable bonds is 6. The first-order chi connectivity index (χ1) is 9.72. The molecule has 1 atom stereocenters. The summed E-state index contributed by atoms with van der Waals surface area (Å²) in [6, 6.07) is 4.43. The first-order valence-corrected chi connectivity index (χ1v) is 6.57. The van der Waals surface area contributed by atoms with Gasteiger partial charge < -0.3 is 19.3 Å². The number of fused-ring (bicyclic) bond motifs is 1. The molecule has 1 aliphatic rings. The van der Waals surface area contributed by atoms with E-state index >= 15 is 0 Å². The van der Waals surface area contributed by atoms with Crippen molar-refractivity contribution in [2.75, 3.05) is 33.5 Å². The Balaban J connectivity index is 2.16. The van der Waals surface area contributed by atoms with Gasteiger partial charge in [0.25, 0.3) is 0 Å². The summed E-state index contributed by atoms with van der Waals surface area (Å²) in [5.41, 5.74) is 0.637. The molecular weight excluding hydrogens is 262 g/mol. The Hall–Kier alpha value is -1.79. The molecule has 110 valence electrons. The largest absolute Gasteiger partial charge is 0.490 e. The molecule has 1 unspecified atom stereocenters. The lowest BCUT2D eigenvalue weighted by molar-refractivity contribution is -0.139. The number of hydrogen-bond donors (Lipinski definition) is 2. The zero-order valence-electron chi connectivity index (χ0n) is 11.4. The molecule has 0 aliphatic carbocycles. The number of hydrogen-bond acceptors (Lipinski definition) is 5. The van der Waals surface area contributed by atoms with E-state index in [0.717, 1.165) is 6.42 Å². The molecule has 2 N–H and O–H groups in total. The van der Waals surface area contributed by atoms with E-state index in [1.54, 1.807) is 25.3 Å². The molecule has 0 fully saturated rings. The molecule has 0 bridgehead atoms. The minimum absolute atomic E-state index is 0.453. The SMILES string of the molecule is COCCNC(C(=O)O)c1ccc2c(c1)OCCCO2. The van der Waals surface area contributed by atoms with Crippen LogP contribution in [0.15, 0.2) is 18.2 Å². The summed E-state index contributed by atoms with van der Waals surface area (Å²) in [6.45, 7) is 2.10. The maximum absolute atomic E-state index is 11.4. The van der Waals surface area contributed by atoms with E-state index in [-0.39, 0.29) is 0 Å². The van der Waals surface area contributed by atoms with Crippen molar-refractivity contribution in [3.05, 3.63) is 23.8 Å². The van der Waals surface area contributed by atoms with Crippen molar-refractivity contribution < 1.29 is 24.1 Å². The quantitative estimate of drug-likeness (QED) is 0.763. The van der Waals surface area contributed by atoms with Crippen molar-refractivity contribution in [1.29, 1.82) is 0 Å². The van der Waals surface area contributed by atoms with Crippen LogP contribution in [0.3, 0.4) is 0 Å². The van der Waals surface area contributed by atoms with Crippen LogP contribution >= 0.6 is 0 Å². The predicted octanol–water partition coefficient (Wildman–Crippen LogP) is 1.21. The average Bonchev–Trinajstić information content (AvgIpc) is 2.67. The molecule has 0 aromatic heterocycles. The van der Waals surface area contributed by atoms with Gasteiger partial charge >= 0.3 is 5.97 Å². The number of aliphatic carboxylic acids is 1. The Morgan fingerprint density at radius 1 is 1.40 bits per heavy atom. The molecule has 2 rings (SSSR count). The summed E-state index contributed by atoms with van der Waals surface area (Å²) in [4.78, 5) is 11.4. The Labute approximate surface area is 117 Å². The number of methoxy groups -OCH3 is 1. The standard InChI is InChI=1S/C14H19NO5/c1-18-8-5-15-13(14(16)17)10-3-4-11-12(9-10)20-7-2-6-19-11/h3-4,9,13,15H,2,5-8H2,1H3,(H,16,17). The van der Waals surface area contributed by atoms with Crippen molar-refractivity contribution in [3.63, 3.8) is 0 Å². The van der Waals surface area contributed by atoms with E-state index in [4.69, 9.17) is 14.2 Å². The van der Waals surface area contributed by atoms with Gasteiger partial charge in [-0.25, -0.2) is 0 Å². The number of nitrogens with one attached hydrogen (secondary N) is 1. The molecule has 0 saturated heterocycles. The molecule has 6 nitrogen and oxygen atoms in total. The van der Waals surface area contributed by atoms with Crippen LogP contribution in [0.1, 0.15) is 18.0 Å². The van der Waals surface area contributed by atoms with Gasteiger partial charge in [0, 0.05) is 20.1 Å². The van der Waals surface area contributed by atoms with Crippen LogP contribution in [-0.4, -0.2) is 44.6 Å². The summed E-state index contributed by atoms with van der Waals surface area (Å²) >= 11 is 0. The summed E-state index contributed by atoms with van der Waals surface area (Å²) in [7, 11) is 1.57. The monoisotopic (exact) mass is 281 g/mol. The third-order valence-electron chi connectivity index (χ3n) is 3.01. The smallest absolute Gasteiger partial charge is 0.325 e. The van der Waals surface area contributed by atoms with E-state index < -0.39 is 12.0 Å². The summed E-state index contributed by atoms with van der Waals surface area (Å²) in [5.74, 6) is 0.322. The molecule has 1 heterocycles. The number of carboxylic acid groups (broad SMARTS) is 1. The van der Waals surface area contributed by atoms with Gasteiger partial charge in [-0.1, -0.05) is 6.07 Å². The normalized spacial score (nSPS) is 15.4. The number of carboxylic acids is 1. The van der Waals surface area contributed by atoms with Crippen molar-refractivity contribution in [3.8, 4) is 11.5 Å². The minimum atomic E-state index is -0.935. The van der Waals surface area contributed by atoms with Crippen LogP contribution in [0.2, 0.25) is 0 Å². The fourth-order valence-electron chi connectivity index (χ4n) is 2.01. The van der Waals surface area contributed by atoms with E-state index in [9.17, 15) is 9.90 Å². The number of benzene rings is 1. The van der Waals surface area contributed by atoms with Crippen LogP contribution < -0.4 is 14.8 Å². The van der Waals surface area contributed by atoms with Gasteiger partial charge in [-0.15, -0.1) is 0 Å². The summed E-state index contributed by atoms with van der Waals surface area (Å²) in [5, 5.41) is 12.2. The molecule has 6 heteroatoms. The molecule has 0 spiro atoms. The second-order valence-electron chi connectivity index (χ2n) is 4.47. The van der Waals surface area contributed by atoms with Crippen LogP contribution in [0.5, 0.6) is 11.5 Å². The highest BCUT2D eigenvalue weighted by Crippen LogP contribution is 2.32. The van der Waals surface area contributed by atoms with Gasteiger partial charge in [-0.05, 0) is 17.7 Å². The number of carbonyl (C=O) groups is 1. The maximum atomic E-state index is 11.4. The first-order valence-electron chi connectivity index (χ1n) is 6.57. The first kappa shape index (κ1) is 14.6. The molecule has 1 aromatic rings. The molecular formula is C14H19NO5. The van der Waals surface area contributed by atoms with Crippen LogP contribution in [0, 0.1) is 0 Å². The van der Waals surface area contributed by atoms with Gasteiger partial charge in [0.05, 0.1) is 19.8 Å². The Kier molecular flexibility index (Phi) is 5.20. The molecule has 0 saturated carbocycles. The topological polar surface area (TPSA) is 77.0 Å². The minimum Gasteiger partial charge on any atom is -0.490 e. The van der Waals surface area contributed by atoms with Gasteiger partial charge in [0.1, 0.15) is 6.04 Å². The highest BCUT2D eigenvalue weighted by Gasteiger charge is 2.21. The molecule has 0 amide bonds. The third-order valence-corrected chi connectivity index (χ3v) is 3.01. The van der Waals surface area contributed by atoms with Crippen LogP contribution in [0.4, 0.5) is 0 Å². The van der Waals surface area contributed by atoms with Gasteiger partial charge in [0.2, 0.25) is 0 Å². The molecule has 1 aromatic carbocycles. The van der Waals surface area contributed by atoms with Gasteiger partial charge in [0.15, 0.2) is 11.5 Å². The van der Waals surface area contributed by atoms with E-state index in [0.29, 0.717) is 43.4 Å². The van der Waals surface area contributed by atoms with E-state index in [2.05, 4.69) is 5.32 Å². The van der Waals surface area contributed by atoms with E-state index in [1.807, 2.05) is 0 Å². The lowest BCUT2D eigenvalue weighted by Gasteiger charge is -2.16. The Morgan fingerprint density at radius 2 is 2.15 bits per heavy atom. The van der Waals surface area contributed by atoms with Crippen molar-refractivity contribution in [1.82, 2.24) is 5.32 Å². The zero-order chi connectivity index (χ0) is 14.4. The van der Waals surface area contributed by atoms with Crippen LogP contribution in [0.25, 0.3) is 0 Å². The van der Waals surface area contributed by atoms with Crippen molar-refractivity contribution in [2.45, 2.75) is 12.5 Å². The van der Waals surface area contributed by atoms with E-state index in [1.165, 1.54) is 0 Å². The fourth-order valence-corrected chi connectivity index (χ4v) is 2.01. The second kappa shape index (κ2) is 7.12. The lowest BCUT2D eigenvalue weighted by Crippen LogP contribution is -2.31. The lowest BCUT2D eigenvalue weighted by atomic mass is 10.1. The maximum Gasteiger partial charge on any atom is 0.325 e.